The molecule has 1 aromatic carbocycles. The Balaban J connectivity index is 2.33. The summed E-state index contributed by atoms with van der Waals surface area (Å²) in [5.41, 5.74) is 2.57. The van der Waals surface area contributed by atoms with Crippen LogP contribution in [0.4, 0.5) is 5.69 Å². The maximum Gasteiger partial charge on any atom is 0.143 e. The SMILES string of the molecule is CNCC1Oc2ccc(C(C)C)cc2N(C)C1C. The lowest BCUT2D eigenvalue weighted by Crippen LogP contribution is -2.50. The van der Waals surface area contributed by atoms with E-state index in [4.69, 9.17) is 4.74 Å². The Morgan fingerprint density at radius 2 is 2.11 bits per heavy atom. The number of fused-ring (bicyclic) bond motifs is 1. The highest BCUT2D eigenvalue weighted by Crippen LogP contribution is 2.37. The van der Waals surface area contributed by atoms with E-state index in [9.17, 15) is 0 Å². The number of hydrogen-bond acceptors (Lipinski definition) is 3. The molecule has 0 saturated carbocycles. The summed E-state index contributed by atoms with van der Waals surface area (Å²) < 4.78 is 6.09. The number of rotatable bonds is 3. The molecule has 1 N–H and O–H groups in total. The minimum Gasteiger partial charge on any atom is -0.485 e. The Hall–Kier alpha value is -1.22. The van der Waals surface area contributed by atoms with Crippen LogP contribution in [0.5, 0.6) is 5.75 Å². The summed E-state index contributed by atoms with van der Waals surface area (Å²) >= 11 is 0. The summed E-state index contributed by atoms with van der Waals surface area (Å²) in [5, 5.41) is 3.20. The van der Waals surface area contributed by atoms with E-state index in [0.29, 0.717) is 12.0 Å². The fourth-order valence-electron chi connectivity index (χ4n) is 2.41. The first kappa shape index (κ1) is 13.2. The summed E-state index contributed by atoms with van der Waals surface area (Å²) in [5.74, 6) is 1.55. The minimum atomic E-state index is 0.206. The summed E-state index contributed by atoms with van der Waals surface area (Å²) in [6.07, 6.45) is 0.206. The maximum absolute atomic E-state index is 6.09. The number of nitrogens with zero attached hydrogens (tertiary/aromatic N) is 1. The van der Waals surface area contributed by atoms with Gasteiger partial charge in [-0.3, -0.25) is 0 Å². The maximum atomic E-state index is 6.09. The van der Waals surface area contributed by atoms with Crippen molar-refractivity contribution in [3.8, 4) is 5.75 Å². The molecule has 0 fully saturated rings. The van der Waals surface area contributed by atoms with Crippen LogP contribution in [0.3, 0.4) is 0 Å². The van der Waals surface area contributed by atoms with E-state index in [1.807, 2.05) is 7.05 Å². The summed E-state index contributed by atoms with van der Waals surface area (Å²) in [4.78, 5) is 2.33. The number of anilines is 1. The van der Waals surface area contributed by atoms with Crippen molar-refractivity contribution in [2.75, 3.05) is 25.5 Å². The fourth-order valence-corrected chi connectivity index (χ4v) is 2.41. The molecule has 0 saturated heterocycles. The van der Waals surface area contributed by atoms with Gasteiger partial charge in [-0.1, -0.05) is 19.9 Å². The Morgan fingerprint density at radius 3 is 2.72 bits per heavy atom. The zero-order valence-electron chi connectivity index (χ0n) is 12.0. The van der Waals surface area contributed by atoms with Gasteiger partial charge in [0.2, 0.25) is 0 Å². The second-order valence-corrected chi connectivity index (χ2v) is 5.45. The molecule has 0 aliphatic carbocycles. The van der Waals surface area contributed by atoms with Crippen molar-refractivity contribution in [1.82, 2.24) is 5.32 Å². The summed E-state index contributed by atoms with van der Waals surface area (Å²) in [6, 6.07) is 6.92. The smallest absolute Gasteiger partial charge is 0.143 e. The van der Waals surface area contributed by atoms with Crippen LogP contribution in [0.2, 0.25) is 0 Å². The third kappa shape index (κ3) is 2.32. The van der Waals surface area contributed by atoms with E-state index in [0.717, 1.165) is 12.3 Å². The van der Waals surface area contributed by atoms with Crippen LogP contribution < -0.4 is 15.0 Å². The Bertz CT molecular complexity index is 417. The van der Waals surface area contributed by atoms with Crippen LogP contribution in [-0.2, 0) is 0 Å². The van der Waals surface area contributed by atoms with Gasteiger partial charge in [0.1, 0.15) is 11.9 Å². The van der Waals surface area contributed by atoms with Crippen molar-refractivity contribution in [3.63, 3.8) is 0 Å². The molecule has 1 aliphatic heterocycles. The van der Waals surface area contributed by atoms with Crippen molar-refractivity contribution in [2.45, 2.75) is 38.8 Å². The first-order valence-electron chi connectivity index (χ1n) is 6.72. The molecular weight excluding hydrogens is 224 g/mol. The molecular formula is C15H24N2O. The third-order valence-corrected chi connectivity index (χ3v) is 3.86. The molecule has 0 bridgehead atoms. The molecule has 18 heavy (non-hydrogen) atoms. The standard InChI is InChI=1S/C15H24N2O/c1-10(2)12-6-7-14-13(8-12)17(5)11(3)15(18-14)9-16-4/h6-8,10-11,15-16H,9H2,1-5H3. The van der Waals surface area contributed by atoms with E-state index < -0.39 is 0 Å². The van der Waals surface area contributed by atoms with E-state index in [-0.39, 0.29) is 6.10 Å². The predicted molar refractivity (Wildman–Crippen MR) is 76.7 cm³/mol. The molecule has 2 atom stereocenters. The van der Waals surface area contributed by atoms with Crippen molar-refractivity contribution >= 4 is 5.69 Å². The normalized spacial score (nSPS) is 22.9. The molecule has 0 radical (unpaired) electrons. The highest BCUT2D eigenvalue weighted by atomic mass is 16.5. The average molecular weight is 248 g/mol. The van der Waals surface area contributed by atoms with Gasteiger partial charge in [0.05, 0.1) is 11.7 Å². The van der Waals surface area contributed by atoms with Crippen LogP contribution in [0, 0.1) is 0 Å². The van der Waals surface area contributed by atoms with Crippen molar-refractivity contribution < 1.29 is 4.74 Å². The molecule has 1 aliphatic rings. The van der Waals surface area contributed by atoms with E-state index in [1.165, 1.54) is 11.3 Å². The van der Waals surface area contributed by atoms with E-state index in [2.05, 4.69) is 56.2 Å². The van der Waals surface area contributed by atoms with Crippen molar-refractivity contribution in [2.24, 2.45) is 0 Å². The van der Waals surface area contributed by atoms with Crippen LogP contribution in [0.25, 0.3) is 0 Å². The van der Waals surface area contributed by atoms with Gasteiger partial charge in [-0.05, 0) is 37.6 Å². The van der Waals surface area contributed by atoms with Gasteiger partial charge in [-0.25, -0.2) is 0 Å². The average Bonchev–Trinajstić information content (AvgIpc) is 2.35. The molecule has 1 heterocycles. The lowest BCUT2D eigenvalue weighted by Gasteiger charge is -2.40. The van der Waals surface area contributed by atoms with E-state index in [1.54, 1.807) is 0 Å². The fraction of sp³-hybridized carbons (Fsp3) is 0.600. The van der Waals surface area contributed by atoms with Crippen molar-refractivity contribution in [3.05, 3.63) is 23.8 Å². The quantitative estimate of drug-likeness (QED) is 0.890. The number of benzene rings is 1. The van der Waals surface area contributed by atoms with Crippen LogP contribution in [0.15, 0.2) is 18.2 Å². The molecule has 3 heteroatoms. The highest BCUT2D eigenvalue weighted by Gasteiger charge is 2.30. The number of likely N-dealkylation sites (N-methyl/N-ethyl adjacent to an activating group) is 2. The molecule has 0 spiro atoms. The third-order valence-electron chi connectivity index (χ3n) is 3.86. The van der Waals surface area contributed by atoms with Gasteiger partial charge in [0.15, 0.2) is 0 Å². The summed E-state index contributed by atoms with van der Waals surface area (Å²) in [6.45, 7) is 7.53. The zero-order valence-corrected chi connectivity index (χ0v) is 12.0. The molecule has 2 rings (SSSR count). The van der Waals surface area contributed by atoms with Crippen LogP contribution in [-0.4, -0.2) is 32.8 Å². The Labute approximate surface area is 110 Å². The van der Waals surface area contributed by atoms with Gasteiger partial charge in [-0.15, -0.1) is 0 Å². The first-order valence-corrected chi connectivity index (χ1v) is 6.72. The van der Waals surface area contributed by atoms with E-state index >= 15 is 0 Å². The monoisotopic (exact) mass is 248 g/mol. The Kier molecular flexibility index (Phi) is 3.81. The van der Waals surface area contributed by atoms with Crippen molar-refractivity contribution in [1.29, 1.82) is 0 Å². The predicted octanol–water partition coefficient (Wildman–Crippen LogP) is 2.62. The van der Waals surface area contributed by atoms with Gasteiger partial charge in [0.25, 0.3) is 0 Å². The lowest BCUT2D eigenvalue weighted by molar-refractivity contribution is 0.160. The largest absolute Gasteiger partial charge is 0.485 e. The molecule has 0 aromatic heterocycles. The second kappa shape index (κ2) is 5.19. The van der Waals surface area contributed by atoms with Crippen LogP contribution >= 0.6 is 0 Å². The second-order valence-electron chi connectivity index (χ2n) is 5.45. The lowest BCUT2D eigenvalue weighted by atomic mass is 10.00. The first-order chi connectivity index (χ1) is 8.54. The van der Waals surface area contributed by atoms with Gasteiger partial charge >= 0.3 is 0 Å². The minimum absolute atomic E-state index is 0.206. The molecule has 1 aromatic rings. The van der Waals surface area contributed by atoms with Gasteiger partial charge < -0.3 is 15.0 Å². The topological polar surface area (TPSA) is 24.5 Å². The van der Waals surface area contributed by atoms with Gasteiger partial charge in [-0.2, -0.15) is 0 Å². The molecule has 2 unspecified atom stereocenters. The molecule has 0 amide bonds. The highest BCUT2D eigenvalue weighted by molar-refractivity contribution is 5.62. The zero-order chi connectivity index (χ0) is 13.3. The Morgan fingerprint density at radius 1 is 1.39 bits per heavy atom. The number of nitrogens with one attached hydrogen (secondary N) is 1. The van der Waals surface area contributed by atoms with Crippen LogP contribution in [0.1, 0.15) is 32.3 Å². The molecule has 3 nitrogen and oxygen atoms in total. The number of hydrogen-bond donors (Lipinski definition) is 1. The summed E-state index contributed by atoms with van der Waals surface area (Å²) in [7, 11) is 4.12. The van der Waals surface area contributed by atoms with Gasteiger partial charge in [0, 0.05) is 13.6 Å². The molecule has 100 valence electrons. The number of ether oxygens (including phenoxy) is 1.